The van der Waals surface area contributed by atoms with Crippen molar-refractivity contribution in [3.8, 4) is 0 Å². The molecule has 0 heterocycles. The van der Waals surface area contributed by atoms with Crippen LogP contribution in [0.1, 0.15) is 37.0 Å². The monoisotopic (exact) mass is 539 g/mol. The lowest BCUT2D eigenvalue weighted by Gasteiger charge is -2.33. The molecule has 0 aliphatic rings. The highest BCUT2D eigenvalue weighted by Gasteiger charge is 2.33. The van der Waals surface area contributed by atoms with Gasteiger partial charge in [-0.3, -0.25) is 13.9 Å². The van der Waals surface area contributed by atoms with E-state index in [1.165, 1.54) is 29.2 Å². The van der Waals surface area contributed by atoms with Gasteiger partial charge in [0.05, 0.1) is 10.6 Å². The largest absolute Gasteiger partial charge is 0.355 e. The van der Waals surface area contributed by atoms with E-state index in [0.717, 1.165) is 15.4 Å². The zero-order chi connectivity index (χ0) is 27.9. The lowest BCUT2D eigenvalue weighted by Crippen LogP contribution is -2.52. The molecule has 0 aliphatic heterocycles. The molecule has 0 aromatic heterocycles. The zero-order valence-electron chi connectivity index (χ0n) is 22.1. The summed E-state index contributed by atoms with van der Waals surface area (Å²) in [5.74, 6) is -1.31. The van der Waals surface area contributed by atoms with Gasteiger partial charge in [0.15, 0.2) is 0 Å². The molecule has 0 unspecified atom stereocenters. The minimum Gasteiger partial charge on any atom is -0.355 e. The third-order valence-corrected chi connectivity index (χ3v) is 8.18. The summed E-state index contributed by atoms with van der Waals surface area (Å²) in [4.78, 5) is 28.2. The Balaban J connectivity index is 2.06. The molecular weight excluding hydrogens is 505 g/mol. The predicted octanol–water partition coefficient (Wildman–Crippen LogP) is 4.58. The summed E-state index contributed by atoms with van der Waals surface area (Å²) < 4.78 is 42.2. The Morgan fingerprint density at radius 3 is 2.16 bits per heavy atom. The lowest BCUT2D eigenvalue weighted by atomic mass is 10.1. The van der Waals surface area contributed by atoms with Gasteiger partial charge in [0.25, 0.3) is 10.0 Å². The summed E-state index contributed by atoms with van der Waals surface area (Å²) >= 11 is 0. The quantitative estimate of drug-likeness (QED) is 0.387. The predicted molar refractivity (Wildman–Crippen MR) is 147 cm³/mol. The summed E-state index contributed by atoms with van der Waals surface area (Å²) in [5, 5.41) is 2.76. The number of anilines is 1. The Morgan fingerprint density at radius 2 is 1.58 bits per heavy atom. The normalized spacial score (nSPS) is 12.0. The van der Waals surface area contributed by atoms with Gasteiger partial charge in [-0.1, -0.05) is 43.3 Å². The van der Waals surface area contributed by atoms with Crippen molar-refractivity contribution in [3.63, 3.8) is 0 Å². The van der Waals surface area contributed by atoms with Crippen LogP contribution in [-0.2, 0) is 26.2 Å². The number of benzene rings is 3. The second-order valence-electron chi connectivity index (χ2n) is 9.06. The molecule has 0 aliphatic carbocycles. The first-order valence-corrected chi connectivity index (χ1v) is 14.0. The number of likely N-dealkylation sites (N-methyl/N-ethyl adjacent to an activating group) is 1. The number of sulfonamides is 1. The van der Waals surface area contributed by atoms with Crippen LogP contribution in [0.25, 0.3) is 0 Å². The topological polar surface area (TPSA) is 86.8 Å². The van der Waals surface area contributed by atoms with E-state index in [1.54, 1.807) is 56.3 Å². The fourth-order valence-corrected chi connectivity index (χ4v) is 5.55. The average molecular weight is 540 g/mol. The van der Waals surface area contributed by atoms with Crippen LogP contribution in [0.2, 0.25) is 0 Å². The van der Waals surface area contributed by atoms with E-state index in [1.807, 2.05) is 19.9 Å². The third kappa shape index (κ3) is 6.77. The third-order valence-electron chi connectivity index (χ3n) is 6.39. The number of amides is 2. The second-order valence-corrected chi connectivity index (χ2v) is 10.9. The lowest BCUT2D eigenvalue weighted by molar-refractivity contribution is -0.140. The summed E-state index contributed by atoms with van der Waals surface area (Å²) in [6, 6.07) is 17.9. The molecule has 0 saturated carbocycles. The number of halogens is 1. The maximum Gasteiger partial charge on any atom is 0.264 e. The van der Waals surface area contributed by atoms with E-state index in [9.17, 15) is 22.4 Å². The molecule has 3 aromatic carbocycles. The van der Waals surface area contributed by atoms with Crippen LogP contribution in [0.15, 0.2) is 77.7 Å². The van der Waals surface area contributed by atoms with E-state index in [0.29, 0.717) is 24.2 Å². The summed E-state index contributed by atoms with van der Waals surface area (Å²) in [7, 11) is -4.12. The Morgan fingerprint density at radius 1 is 0.921 bits per heavy atom. The van der Waals surface area contributed by atoms with Gasteiger partial charge in [-0.05, 0) is 80.3 Å². The number of nitrogens with zero attached hydrogens (tertiary/aromatic N) is 2. The highest BCUT2D eigenvalue weighted by Crippen LogP contribution is 2.26. The number of hydrogen-bond donors (Lipinski definition) is 1. The fraction of sp³-hybridized carbons (Fsp3) is 0.310. The van der Waals surface area contributed by atoms with Crippen molar-refractivity contribution >= 4 is 27.5 Å². The van der Waals surface area contributed by atoms with Crippen molar-refractivity contribution in [3.05, 3.63) is 95.3 Å². The number of carbonyl (C=O) groups excluding carboxylic acids is 2. The molecule has 0 saturated heterocycles. The number of nitrogens with one attached hydrogen (secondary N) is 1. The molecule has 0 fully saturated rings. The SMILES string of the molecule is CCNC(=O)[C@H](CC)N(Cc1ccc(F)cc1)C(=O)CN(c1ccc(C)c(C)c1)S(=O)(=O)c1ccccc1. The zero-order valence-corrected chi connectivity index (χ0v) is 23.0. The molecule has 0 bridgehead atoms. The Bertz CT molecular complexity index is 1360. The Hall–Kier alpha value is -3.72. The molecule has 3 rings (SSSR count). The van der Waals surface area contributed by atoms with Gasteiger partial charge >= 0.3 is 0 Å². The smallest absolute Gasteiger partial charge is 0.264 e. The van der Waals surface area contributed by atoms with Crippen molar-refractivity contribution in [2.75, 3.05) is 17.4 Å². The van der Waals surface area contributed by atoms with Crippen LogP contribution in [0.3, 0.4) is 0 Å². The molecule has 7 nitrogen and oxygen atoms in total. The minimum absolute atomic E-state index is 0.0148. The molecule has 3 aromatic rings. The van der Waals surface area contributed by atoms with Crippen LogP contribution in [0.4, 0.5) is 10.1 Å². The molecule has 202 valence electrons. The van der Waals surface area contributed by atoms with Gasteiger partial charge in [0.2, 0.25) is 11.8 Å². The highest BCUT2D eigenvalue weighted by atomic mass is 32.2. The van der Waals surface area contributed by atoms with Crippen LogP contribution >= 0.6 is 0 Å². The van der Waals surface area contributed by atoms with Gasteiger partial charge in [-0.15, -0.1) is 0 Å². The van der Waals surface area contributed by atoms with Gasteiger partial charge in [-0.25, -0.2) is 12.8 Å². The second kappa shape index (κ2) is 12.7. The molecule has 1 atom stereocenters. The highest BCUT2D eigenvalue weighted by molar-refractivity contribution is 7.92. The van der Waals surface area contributed by atoms with Gasteiger partial charge in [0.1, 0.15) is 18.4 Å². The van der Waals surface area contributed by atoms with Crippen molar-refractivity contribution in [2.45, 2.75) is 51.6 Å². The van der Waals surface area contributed by atoms with Crippen LogP contribution in [0.5, 0.6) is 0 Å². The van der Waals surface area contributed by atoms with Crippen molar-refractivity contribution < 1.29 is 22.4 Å². The minimum atomic E-state index is -4.12. The molecule has 0 radical (unpaired) electrons. The van der Waals surface area contributed by atoms with Crippen molar-refractivity contribution in [1.29, 1.82) is 0 Å². The number of carbonyl (C=O) groups is 2. The van der Waals surface area contributed by atoms with E-state index in [4.69, 9.17) is 0 Å². The fourth-order valence-electron chi connectivity index (χ4n) is 4.13. The van der Waals surface area contributed by atoms with E-state index in [2.05, 4.69) is 5.32 Å². The van der Waals surface area contributed by atoms with Gasteiger partial charge in [-0.2, -0.15) is 0 Å². The van der Waals surface area contributed by atoms with Crippen molar-refractivity contribution in [2.24, 2.45) is 0 Å². The maximum absolute atomic E-state index is 13.9. The van der Waals surface area contributed by atoms with Gasteiger partial charge < -0.3 is 10.2 Å². The molecule has 2 amide bonds. The first-order valence-electron chi connectivity index (χ1n) is 12.5. The Kier molecular flexibility index (Phi) is 9.63. The van der Waals surface area contributed by atoms with E-state index < -0.39 is 34.3 Å². The number of hydrogen-bond acceptors (Lipinski definition) is 4. The van der Waals surface area contributed by atoms with Gasteiger partial charge in [0, 0.05) is 13.1 Å². The standard InChI is InChI=1S/C29H34FN3O4S/c1-5-27(29(35)31-6-2)32(19-23-13-15-24(30)16-14-23)28(34)20-33(25-17-12-21(3)22(4)18-25)38(36,37)26-10-8-7-9-11-26/h7-18,27H,5-6,19-20H2,1-4H3,(H,31,35)/t27-/m0/s1. The van der Waals surface area contributed by atoms with E-state index in [-0.39, 0.29) is 17.3 Å². The average Bonchev–Trinajstić information content (AvgIpc) is 2.90. The number of rotatable bonds is 11. The molecule has 38 heavy (non-hydrogen) atoms. The first kappa shape index (κ1) is 28.8. The van der Waals surface area contributed by atoms with Crippen LogP contribution in [0, 0.1) is 19.7 Å². The molecule has 9 heteroatoms. The maximum atomic E-state index is 13.9. The van der Waals surface area contributed by atoms with Crippen LogP contribution in [-0.4, -0.2) is 44.3 Å². The Labute approximate surface area is 224 Å². The number of aryl methyl sites for hydroxylation is 2. The van der Waals surface area contributed by atoms with Crippen LogP contribution < -0.4 is 9.62 Å². The molecule has 0 spiro atoms. The summed E-state index contributed by atoms with van der Waals surface area (Å²) in [6.07, 6.45) is 0.313. The summed E-state index contributed by atoms with van der Waals surface area (Å²) in [5.41, 5.74) is 2.82. The van der Waals surface area contributed by atoms with E-state index >= 15 is 0 Å². The molecule has 1 N–H and O–H groups in total. The first-order chi connectivity index (χ1) is 18.1. The summed E-state index contributed by atoms with van der Waals surface area (Å²) in [6.45, 7) is 7.24. The van der Waals surface area contributed by atoms with Crippen molar-refractivity contribution in [1.82, 2.24) is 10.2 Å². The molecular formula is C29H34FN3O4S.